The number of aliphatic hydroxyl groups is 1. The molecule has 0 radical (unpaired) electrons. The lowest BCUT2D eigenvalue weighted by Crippen LogP contribution is -2.20. The quantitative estimate of drug-likeness (QED) is 0.825. The van der Waals surface area contributed by atoms with E-state index in [1.807, 2.05) is 62.4 Å². The van der Waals surface area contributed by atoms with E-state index >= 15 is 0 Å². The molecule has 0 saturated carbocycles. The van der Waals surface area contributed by atoms with Crippen LogP contribution in [0.2, 0.25) is 0 Å². The number of alkyl halides is 1. The Balaban J connectivity index is 0.000000244. The number of ether oxygens (including phenoxy) is 3. The van der Waals surface area contributed by atoms with E-state index in [2.05, 4.69) is 0 Å². The van der Waals surface area contributed by atoms with Gasteiger partial charge in [0.2, 0.25) is 0 Å². The molecule has 0 bridgehead atoms. The number of halogens is 1. The van der Waals surface area contributed by atoms with Gasteiger partial charge in [0.25, 0.3) is 0 Å². The van der Waals surface area contributed by atoms with E-state index in [9.17, 15) is 4.39 Å². The molecular formula is C22H29FO4. The molecule has 1 fully saturated rings. The first-order valence-corrected chi connectivity index (χ1v) is 9.14. The highest BCUT2D eigenvalue weighted by Crippen LogP contribution is 2.24. The molecule has 3 atom stereocenters. The van der Waals surface area contributed by atoms with Gasteiger partial charge in [-0.15, -0.1) is 0 Å². The molecule has 0 aromatic heterocycles. The molecule has 1 heterocycles. The standard InChI is InChI=1S/C14H19FO3.C8H10O/c1-10-3-5-11(6-4-10)8-17-9-12-7-13(15)14(16-2)18-12;1-7-2-4-8(6-9)5-3-7/h3-6,12-14H,7-9H2,1-2H3;2-5,9H,6H2,1H3. The van der Waals surface area contributed by atoms with Crippen molar-refractivity contribution in [2.75, 3.05) is 13.7 Å². The average Bonchev–Trinajstić information content (AvgIpc) is 3.04. The summed E-state index contributed by atoms with van der Waals surface area (Å²) < 4.78 is 29.1. The number of hydrogen-bond acceptors (Lipinski definition) is 4. The number of methoxy groups -OCH3 is 1. The van der Waals surface area contributed by atoms with Gasteiger partial charge in [0.15, 0.2) is 12.5 Å². The minimum absolute atomic E-state index is 0.139. The summed E-state index contributed by atoms with van der Waals surface area (Å²) in [6.07, 6.45) is -1.66. The van der Waals surface area contributed by atoms with E-state index in [0.29, 0.717) is 19.6 Å². The van der Waals surface area contributed by atoms with Crippen molar-refractivity contribution in [3.63, 3.8) is 0 Å². The molecule has 0 aliphatic carbocycles. The maximum absolute atomic E-state index is 13.3. The predicted octanol–water partition coefficient (Wildman–Crippen LogP) is 4.10. The molecule has 1 aliphatic rings. The van der Waals surface area contributed by atoms with Crippen molar-refractivity contribution in [2.45, 2.75) is 52.0 Å². The van der Waals surface area contributed by atoms with Crippen molar-refractivity contribution < 1.29 is 23.7 Å². The Morgan fingerprint density at radius 3 is 2.04 bits per heavy atom. The monoisotopic (exact) mass is 376 g/mol. The van der Waals surface area contributed by atoms with Crippen molar-refractivity contribution in [3.8, 4) is 0 Å². The lowest BCUT2D eigenvalue weighted by atomic mass is 10.2. The summed E-state index contributed by atoms with van der Waals surface area (Å²) in [6.45, 7) is 5.13. The van der Waals surface area contributed by atoms with E-state index in [0.717, 1.165) is 11.1 Å². The Hall–Kier alpha value is -1.79. The number of hydrogen-bond donors (Lipinski definition) is 1. The fraction of sp³-hybridized carbons (Fsp3) is 0.455. The average molecular weight is 376 g/mol. The first-order chi connectivity index (χ1) is 13.0. The molecule has 2 aromatic rings. The Bertz CT molecular complexity index is 657. The third kappa shape index (κ3) is 7.39. The van der Waals surface area contributed by atoms with Crippen LogP contribution in [0.15, 0.2) is 48.5 Å². The molecular weight excluding hydrogens is 347 g/mol. The van der Waals surface area contributed by atoms with Gasteiger partial charge in [0.05, 0.1) is 25.9 Å². The Labute approximate surface area is 160 Å². The van der Waals surface area contributed by atoms with Crippen LogP contribution in [0.3, 0.4) is 0 Å². The fourth-order valence-corrected chi connectivity index (χ4v) is 2.69. The van der Waals surface area contributed by atoms with Crippen molar-refractivity contribution in [1.82, 2.24) is 0 Å². The second-order valence-corrected chi connectivity index (χ2v) is 6.76. The van der Waals surface area contributed by atoms with Crippen LogP contribution in [0.25, 0.3) is 0 Å². The van der Waals surface area contributed by atoms with Crippen LogP contribution in [-0.4, -0.2) is 37.4 Å². The molecule has 0 spiro atoms. The highest BCUT2D eigenvalue weighted by atomic mass is 19.1. The molecule has 148 valence electrons. The zero-order chi connectivity index (χ0) is 19.6. The number of aryl methyl sites for hydroxylation is 2. The lowest BCUT2D eigenvalue weighted by Gasteiger charge is -2.12. The van der Waals surface area contributed by atoms with Gasteiger partial charge >= 0.3 is 0 Å². The van der Waals surface area contributed by atoms with Gasteiger partial charge in [-0.1, -0.05) is 59.7 Å². The maximum Gasteiger partial charge on any atom is 0.188 e. The number of benzene rings is 2. The summed E-state index contributed by atoms with van der Waals surface area (Å²) >= 11 is 0. The van der Waals surface area contributed by atoms with Gasteiger partial charge in [-0.3, -0.25) is 0 Å². The molecule has 3 rings (SSSR count). The zero-order valence-corrected chi connectivity index (χ0v) is 16.2. The molecule has 3 unspecified atom stereocenters. The van der Waals surface area contributed by atoms with E-state index < -0.39 is 12.5 Å². The Morgan fingerprint density at radius 2 is 1.56 bits per heavy atom. The highest BCUT2D eigenvalue weighted by molar-refractivity contribution is 5.21. The van der Waals surface area contributed by atoms with Crippen LogP contribution in [0.4, 0.5) is 4.39 Å². The fourth-order valence-electron chi connectivity index (χ4n) is 2.69. The largest absolute Gasteiger partial charge is 0.392 e. The molecule has 1 N–H and O–H groups in total. The van der Waals surface area contributed by atoms with Crippen molar-refractivity contribution in [2.24, 2.45) is 0 Å². The first-order valence-electron chi connectivity index (χ1n) is 9.14. The minimum atomic E-state index is -1.05. The van der Waals surface area contributed by atoms with Gasteiger partial charge < -0.3 is 19.3 Å². The maximum atomic E-state index is 13.3. The normalized spacial score (nSPS) is 21.6. The molecule has 27 heavy (non-hydrogen) atoms. The molecule has 1 saturated heterocycles. The zero-order valence-electron chi connectivity index (χ0n) is 16.2. The van der Waals surface area contributed by atoms with E-state index in [1.165, 1.54) is 18.2 Å². The Morgan fingerprint density at radius 1 is 1.00 bits per heavy atom. The van der Waals surface area contributed by atoms with Crippen molar-refractivity contribution in [1.29, 1.82) is 0 Å². The Kier molecular flexibility index (Phi) is 8.88. The van der Waals surface area contributed by atoms with Crippen LogP contribution in [0, 0.1) is 13.8 Å². The summed E-state index contributed by atoms with van der Waals surface area (Å²) in [5.74, 6) is 0. The second-order valence-electron chi connectivity index (χ2n) is 6.76. The number of rotatable bonds is 6. The summed E-state index contributed by atoms with van der Waals surface area (Å²) in [5.41, 5.74) is 4.53. The minimum Gasteiger partial charge on any atom is -0.392 e. The molecule has 1 aliphatic heterocycles. The van der Waals surface area contributed by atoms with Crippen LogP contribution < -0.4 is 0 Å². The third-order valence-electron chi connectivity index (χ3n) is 4.34. The predicted molar refractivity (Wildman–Crippen MR) is 103 cm³/mol. The molecule has 5 heteroatoms. The highest BCUT2D eigenvalue weighted by Gasteiger charge is 2.35. The number of aliphatic hydroxyl groups excluding tert-OH is 1. The third-order valence-corrected chi connectivity index (χ3v) is 4.34. The van der Waals surface area contributed by atoms with E-state index in [-0.39, 0.29) is 12.7 Å². The van der Waals surface area contributed by atoms with Gasteiger partial charge in [-0.2, -0.15) is 0 Å². The molecule has 2 aromatic carbocycles. The van der Waals surface area contributed by atoms with Crippen LogP contribution >= 0.6 is 0 Å². The molecule has 4 nitrogen and oxygen atoms in total. The van der Waals surface area contributed by atoms with E-state index in [4.69, 9.17) is 19.3 Å². The smallest absolute Gasteiger partial charge is 0.188 e. The van der Waals surface area contributed by atoms with Crippen LogP contribution in [0.1, 0.15) is 28.7 Å². The van der Waals surface area contributed by atoms with E-state index in [1.54, 1.807) is 0 Å². The van der Waals surface area contributed by atoms with Gasteiger partial charge in [0, 0.05) is 13.5 Å². The van der Waals surface area contributed by atoms with Crippen molar-refractivity contribution in [3.05, 3.63) is 70.8 Å². The van der Waals surface area contributed by atoms with Gasteiger partial charge in [-0.25, -0.2) is 4.39 Å². The summed E-state index contributed by atoms with van der Waals surface area (Å²) in [7, 11) is 1.45. The van der Waals surface area contributed by atoms with Crippen molar-refractivity contribution >= 4 is 0 Å². The lowest BCUT2D eigenvalue weighted by molar-refractivity contribution is -0.145. The first kappa shape index (κ1) is 21.5. The second kappa shape index (κ2) is 11.1. The summed E-state index contributed by atoms with van der Waals surface area (Å²) in [4.78, 5) is 0. The SMILES string of the molecule is COC1OC(COCc2ccc(C)cc2)CC1F.Cc1ccc(CO)cc1. The van der Waals surface area contributed by atoms with Gasteiger partial charge in [-0.05, 0) is 25.0 Å². The summed E-state index contributed by atoms with van der Waals surface area (Å²) in [5, 5.41) is 8.63. The summed E-state index contributed by atoms with van der Waals surface area (Å²) in [6, 6.07) is 16.0. The topological polar surface area (TPSA) is 47.9 Å². The van der Waals surface area contributed by atoms with Crippen LogP contribution in [0.5, 0.6) is 0 Å². The van der Waals surface area contributed by atoms with Crippen LogP contribution in [-0.2, 0) is 27.4 Å². The molecule has 0 amide bonds. The van der Waals surface area contributed by atoms with Gasteiger partial charge in [0.1, 0.15) is 0 Å².